The Balaban J connectivity index is 2.87. The summed E-state index contributed by atoms with van der Waals surface area (Å²) >= 11 is 9.84. The summed E-state index contributed by atoms with van der Waals surface area (Å²) in [4.78, 5) is 14.8. The Morgan fingerprint density at radius 2 is 2.46 bits per heavy atom. The number of nitrogens with zero attached hydrogens (tertiary/aromatic N) is 2. The minimum Gasteiger partial charge on any atom is -0.297 e. The van der Waals surface area contributed by atoms with Gasteiger partial charge >= 0.3 is 5.69 Å². The quantitative estimate of drug-likeness (QED) is 0.780. The Kier molecular flexibility index (Phi) is 3.81. The molecule has 13 heavy (non-hydrogen) atoms. The van der Waals surface area contributed by atoms with Crippen molar-refractivity contribution >= 4 is 24.2 Å². The monoisotopic (exact) mass is 218 g/mol. The summed E-state index contributed by atoms with van der Waals surface area (Å²) in [5.41, 5.74) is -0.266. The second-order valence-electron chi connectivity index (χ2n) is 2.99. The lowest BCUT2D eigenvalue weighted by Crippen LogP contribution is -2.25. The summed E-state index contributed by atoms with van der Waals surface area (Å²) in [6.45, 7) is 2.62. The van der Waals surface area contributed by atoms with Gasteiger partial charge in [0, 0.05) is 12.7 Å². The predicted octanol–water partition coefficient (Wildman–Crippen LogP) is 1.46. The highest BCUT2D eigenvalue weighted by Crippen LogP contribution is 2.05. The molecule has 0 aliphatic rings. The smallest absolute Gasteiger partial charge is 0.297 e. The first kappa shape index (κ1) is 10.6. The summed E-state index contributed by atoms with van der Waals surface area (Å²) in [5, 5.41) is 0.478. The molecule has 0 saturated carbocycles. The zero-order valence-electron chi connectivity index (χ0n) is 7.27. The number of rotatable bonds is 3. The van der Waals surface area contributed by atoms with Crippen LogP contribution in [-0.2, 0) is 6.54 Å². The van der Waals surface area contributed by atoms with E-state index in [4.69, 9.17) is 11.6 Å². The van der Waals surface area contributed by atoms with Gasteiger partial charge in [-0.1, -0.05) is 18.5 Å². The first-order valence-electron chi connectivity index (χ1n) is 3.96. The van der Waals surface area contributed by atoms with E-state index >= 15 is 0 Å². The van der Waals surface area contributed by atoms with Gasteiger partial charge in [-0.15, -0.1) is 0 Å². The van der Waals surface area contributed by atoms with Crippen molar-refractivity contribution in [2.75, 3.05) is 5.75 Å². The average molecular weight is 219 g/mol. The maximum atomic E-state index is 11.2. The van der Waals surface area contributed by atoms with Gasteiger partial charge in [0.25, 0.3) is 0 Å². The first-order chi connectivity index (χ1) is 6.13. The SMILES string of the molecule is CC(CS)Cn1cc(Cl)cnc1=O. The van der Waals surface area contributed by atoms with E-state index in [1.54, 1.807) is 6.20 Å². The van der Waals surface area contributed by atoms with Crippen molar-refractivity contribution in [3.63, 3.8) is 0 Å². The molecule has 0 aliphatic carbocycles. The molecule has 0 aliphatic heterocycles. The van der Waals surface area contributed by atoms with Crippen LogP contribution in [0.15, 0.2) is 17.2 Å². The minimum atomic E-state index is -0.266. The molecule has 3 nitrogen and oxygen atoms in total. The Hall–Kier alpha value is -0.480. The van der Waals surface area contributed by atoms with E-state index in [0.29, 0.717) is 17.5 Å². The molecule has 1 atom stereocenters. The van der Waals surface area contributed by atoms with Crippen LogP contribution in [0.1, 0.15) is 6.92 Å². The molecule has 1 heterocycles. The summed E-state index contributed by atoms with van der Waals surface area (Å²) in [6, 6.07) is 0. The molecular weight excluding hydrogens is 208 g/mol. The molecule has 72 valence electrons. The maximum absolute atomic E-state index is 11.2. The fraction of sp³-hybridized carbons (Fsp3) is 0.500. The Bertz CT molecular complexity index is 339. The number of hydrogen-bond acceptors (Lipinski definition) is 3. The summed E-state index contributed by atoms with van der Waals surface area (Å²) in [5.74, 6) is 1.07. The van der Waals surface area contributed by atoms with Crippen LogP contribution in [0, 0.1) is 5.92 Å². The van der Waals surface area contributed by atoms with E-state index in [9.17, 15) is 4.79 Å². The molecule has 0 bridgehead atoms. The van der Waals surface area contributed by atoms with Gasteiger partial charge in [-0.05, 0) is 11.7 Å². The van der Waals surface area contributed by atoms with Gasteiger partial charge in [-0.25, -0.2) is 9.78 Å². The highest BCUT2D eigenvalue weighted by molar-refractivity contribution is 7.80. The highest BCUT2D eigenvalue weighted by Gasteiger charge is 2.03. The topological polar surface area (TPSA) is 34.9 Å². The second kappa shape index (κ2) is 4.67. The van der Waals surface area contributed by atoms with Crippen molar-refractivity contribution in [2.24, 2.45) is 5.92 Å². The van der Waals surface area contributed by atoms with E-state index in [1.807, 2.05) is 6.92 Å². The molecule has 5 heteroatoms. The van der Waals surface area contributed by atoms with Crippen LogP contribution in [0.5, 0.6) is 0 Å². The van der Waals surface area contributed by atoms with Crippen LogP contribution >= 0.6 is 24.2 Å². The Morgan fingerprint density at radius 1 is 1.77 bits per heavy atom. The van der Waals surface area contributed by atoms with E-state index in [0.717, 1.165) is 5.75 Å². The standard InChI is InChI=1S/C8H11ClN2OS/c1-6(5-13)3-11-4-7(9)2-10-8(11)12/h2,4,6,13H,3,5H2,1H3. The first-order valence-corrected chi connectivity index (χ1v) is 4.97. The van der Waals surface area contributed by atoms with Gasteiger partial charge in [0.1, 0.15) is 0 Å². The van der Waals surface area contributed by atoms with Crippen molar-refractivity contribution in [1.29, 1.82) is 0 Å². The molecule has 0 fully saturated rings. The third-order valence-electron chi connectivity index (χ3n) is 1.64. The molecule has 1 rings (SSSR count). The second-order valence-corrected chi connectivity index (χ2v) is 3.80. The Labute approximate surface area is 87.2 Å². The molecule has 1 aromatic rings. The van der Waals surface area contributed by atoms with Gasteiger partial charge in [-0.2, -0.15) is 12.6 Å². The van der Waals surface area contributed by atoms with Crippen molar-refractivity contribution in [3.8, 4) is 0 Å². The fourth-order valence-corrected chi connectivity index (χ4v) is 1.23. The lowest BCUT2D eigenvalue weighted by molar-refractivity contribution is 0.511. The van der Waals surface area contributed by atoms with Crippen molar-refractivity contribution in [1.82, 2.24) is 9.55 Å². The zero-order valence-corrected chi connectivity index (χ0v) is 8.92. The van der Waals surface area contributed by atoms with Gasteiger partial charge in [0.15, 0.2) is 0 Å². The largest absolute Gasteiger partial charge is 0.347 e. The van der Waals surface area contributed by atoms with E-state index in [1.165, 1.54) is 10.8 Å². The summed E-state index contributed by atoms with van der Waals surface area (Å²) in [6.07, 6.45) is 2.95. The molecule has 0 N–H and O–H groups in total. The van der Waals surface area contributed by atoms with Crippen molar-refractivity contribution < 1.29 is 0 Å². The predicted molar refractivity (Wildman–Crippen MR) is 56.5 cm³/mol. The van der Waals surface area contributed by atoms with Crippen LogP contribution in [0.2, 0.25) is 5.02 Å². The number of halogens is 1. The van der Waals surface area contributed by atoms with Crippen LogP contribution in [0.25, 0.3) is 0 Å². The van der Waals surface area contributed by atoms with Crippen molar-refractivity contribution in [3.05, 3.63) is 27.9 Å². The highest BCUT2D eigenvalue weighted by atomic mass is 35.5. The molecule has 0 saturated heterocycles. The van der Waals surface area contributed by atoms with Crippen LogP contribution in [0.3, 0.4) is 0 Å². The number of hydrogen-bond donors (Lipinski definition) is 1. The summed E-state index contributed by atoms with van der Waals surface area (Å²) < 4.78 is 1.50. The molecular formula is C8H11ClN2OS. The van der Waals surface area contributed by atoms with Crippen LogP contribution < -0.4 is 5.69 Å². The third-order valence-corrected chi connectivity index (χ3v) is 2.46. The minimum absolute atomic E-state index is 0.266. The molecule has 0 spiro atoms. The van der Waals surface area contributed by atoms with Crippen LogP contribution in [-0.4, -0.2) is 15.3 Å². The van der Waals surface area contributed by atoms with Gasteiger partial charge in [-0.3, -0.25) is 4.57 Å². The lowest BCUT2D eigenvalue weighted by Gasteiger charge is -2.09. The normalized spacial score (nSPS) is 12.8. The van der Waals surface area contributed by atoms with E-state index in [2.05, 4.69) is 17.6 Å². The summed E-state index contributed by atoms with van der Waals surface area (Å²) in [7, 11) is 0. The molecule has 0 radical (unpaired) electrons. The van der Waals surface area contributed by atoms with E-state index in [-0.39, 0.29) is 5.69 Å². The average Bonchev–Trinajstić information content (AvgIpc) is 2.11. The molecule has 0 amide bonds. The van der Waals surface area contributed by atoms with Gasteiger partial charge in [0.05, 0.1) is 11.2 Å². The van der Waals surface area contributed by atoms with Crippen LogP contribution in [0.4, 0.5) is 0 Å². The fourth-order valence-electron chi connectivity index (χ4n) is 0.953. The lowest BCUT2D eigenvalue weighted by atomic mass is 10.2. The maximum Gasteiger partial charge on any atom is 0.347 e. The van der Waals surface area contributed by atoms with Gasteiger partial charge < -0.3 is 0 Å². The Morgan fingerprint density at radius 3 is 3.08 bits per heavy atom. The third kappa shape index (κ3) is 3.04. The zero-order chi connectivity index (χ0) is 9.84. The molecule has 1 aromatic heterocycles. The molecule has 1 unspecified atom stereocenters. The van der Waals surface area contributed by atoms with Gasteiger partial charge in [0.2, 0.25) is 0 Å². The number of thiol groups is 1. The molecule has 0 aromatic carbocycles. The van der Waals surface area contributed by atoms with E-state index < -0.39 is 0 Å². The number of aromatic nitrogens is 2. The van der Waals surface area contributed by atoms with Crippen molar-refractivity contribution in [2.45, 2.75) is 13.5 Å².